The van der Waals surface area contributed by atoms with Gasteiger partial charge in [-0.2, -0.15) is 0 Å². The molecule has 0 bridgehead atoms. The second kappa shape index (κ2) is 5.63. The molecule has 1 aliphatic heterocycles. The Kier molecular flexibility index (Phi) is 3.81. The monoisotopic (exact) mass is 301 g/mol. The van der Waals surface area contributed by atoms with Crippen molar-refractivity contribution in [2.24, 2.45) is 0 Å². The lowest BCUT2D eigenvalue weighted by Gasteiger charge is -2.36. The number of fused-ring (bicyclic) bond motifs is 1. The zero-order valence-electron chi connectivity index (χ0n) is 13.4. The molecule has 1 aliphatic rings. The van der Waals surface area contributed by atoms with Crippen molar-refractivity contribution in [3.05, 3.63) is 30.1 Å². The second-order valence-corrected chi connectivity index (χ2v) is 6.83. The number of aromatic amines is 1. The Bertz CT molecular complexity index is 672. The number of hydrogen-bond donors (Lipinski definition) is 1. The maximum absolute atomic E-state index is 12.5. The van der Waals surface area contributed by atoms with E-state index < -0.39 is 5.60 Å². The number of aromatic nitrogens is 2. The number of amides is 1. The first-order valence-electron chi connectivity index (χ1n) is 7.87. The van der Waals surface area contributed by atoms with Crippen molar-refractivity contribution in [3.8, 4) is 0 Å². The van der Waals surface area contributed by atoms with Crippen LogP contribution in [0.25, 0.3) is 11.0 Å². The van der Waals surface area contributed by atoms with Crippen molar-refractivity contribution in [1.82, 2.24) is 14.9 Å². The van der Waals surface area contributed by atoms with Crippen LogP contribution in [0.3, 0.4) is 0 Å². The highest BCUT2D eigenvalue weighted by atomic mass is 16.6. The number of H-pyrrole nitrogens is 1. The van der Waals surface area contributed by atoms with Crippen molar-refractivity contribution in [2.45, 2.75) is 51.7 Å². The third kappa shape index (κ3) is 2.93. The fraction of sp³-hybridized carbons (Fsp3) is 0.529. The Balaban J connectivity index is 1.91. The first-order chi connectivity index (χ1) is 10.5. The standard InChI is InChI=1S/C17H23N3O2/c1-17(2,3)22-16(21)20-10-5-4-8-14(20)13-11-19-15-12(13)7-6-9-18-15/h6-7,9,11,14H,4-5,8,10H2,1-3H3,(H,18,19). The van der Waals surface area contributed by atoms with E-state index in [9.17, 15) is 4.79 Å². The van der Waals surface area contributed by atoms with Gasteiger partial charge in [0.15, 0.2) is 0 Å². The molecule has 3 rings (SSSR count). The quantitative estimate of drug-likeness (QED) is 0.865. The van der Waals surface area contributed by atoms with Gasteiger partial charge in [-0.1, -0.05) is 0 Å². The molecule has 2 aromatic heterocycles. The Morgan fingerprint density at radius 3 is 3.00 bits per heavy atom. The molecule has 0 aromatic carbocycles. The number of rotatable bonds is 1. The van der Waals surface area contributed by atoms with Gasteiger partial charge >= 0.3 is 6.09 Å². The summed E-state index contributed by atoms with van der Waals surface area (Å²) in [6, 6.07) is 4.04. The molecule has 1 atom stereocenters. The van der Waals surface area contributed by atoms with Gasteiger partial charge in [0.25, 0.3) is 0 Å². The molecule has 1 N–H and O–H groups in total. The summed E-state index contributed by atoms with van der Waals surface area (Å²) < 4.78 is 5.58. The summed E-state index contributed by atoms with van der Waals surface area (Å²) in [7, 11) is 0. The van der Waals surface area contributed by atoms with Gasteiger partial charge in [-0.05, 0) is 52.2 Å². The lowest BCUT2D eigenvalue weighted by molar-refractivity contribution is 0.00969. The summed E-state index contributed by atoms with van der Waals surface area (Å²) in [6.07, 6.45) is 6.63. The van der Waals surface area contributed by atoms with Crippen LogP contribution in [-0.2, 0) is 4.74 Å². The molecule has 1 fully saturated rings. The lowest BCUT2D eigenvalue weighted by Crippen LogP contribution is -2.41. The Morgan fingerprint density at radius 1 is 1.41 bits per heavy atom. The molecule has 0 spiro atoms. The molecule has 3 heterocycles. The van der Waals surface area contributed by atoms with Gasteiger partial charge in [0, 0.05) is 29.9 Å². The molecule has 1 unspecified atom stereocenters. The van der Waals surface area contributed by atoms with E-state index in [-0.39, 0.29) is 12.1 Å². The highest BCUT2D eigenvalue weighted by molar-refractivity contribution is 5.81. The Morgan fingerprint density at radius 2 is 2.23 bits per heavy atom. The third-order valence-corrected chi connectivity index (χ3v) is 3.97. The predicted molar refractivity (Wildman–Crippen MR) is 85.6 cm³/mol. The molecule has 22 heavy (non-hydrogen) atoms. The van der Waals surface area contributed by atoms with Gasteiger partial charge in [-0.25, -0.2) is 9.78 Å². The van der Waals surface area contributed by atoms with E-state index in [0.717, 1.165) is 42.4 Å². The maximum atomic E-state index is 12.5. The van der Waals surface area contributed by atoms with Gasteiger partial charge in [-0.15, -0.1) is 0 Å². The number of likely N-dealkylation sites (tertiary alicyclic amines) is 1. The first kappa shape index (κ1) is 14.9. The molecule has 1 saturated heterocycles. The van der Waals surface area contributed by atoms with Crippen molar-refractivity contribution in [2.75, 3.05) is 6.54 Å². The van der Waals surface area contributed by atoms with Crippen LogP contribution in [0.15, 0.2) is 24.5 Å². The molecule has 0 aliphatic carbocycles. The van der Waals surface area contributed by atoms with Crippen LogP contribution < -0.4 is 0 Å². The van der Waals surface area contributed by atoms with Crippen LogP contribution in [0.2, 0.25) is 0 Å². The highest BCUT2D eigenvalue weighted by Gasteiger charge is 2.32. The normalized spacial score (nSPS) is 19.4. The minimum absolute atomic E-state index is 0.0570. The Hall–Kier alpha value is -2.04. The SMILES string of the molecule is CC(C)(C)OC(=O)N1CCCCC1c1c[nH]c2ncccc12. The topological polar surface area (TPSA) is 58.2 Å². The first-order valence-corrected chi connectivity index (χ1v) is 7.87. The number of piperidine rings is 1. The summed E-state index contributed by atoms with van der Waals surface area (Å²) in [5.74, 6) is 0. The average Bonchev–Trinajstić information content (AvgIpc) is 2.89. The van der Waals surface area contributed by atoms with Gasteiger partial charge in [0.1, 0.15) is 11.2 Å². The van der Waals surface area contributed by atoms with E-state index in [2.05, 4.69) is 16.0 Å². The van der Waals surface area contributed by atoms with Crippen molar-refractivity contribution in [1.29, 1.82) is 0 Å². The molecule has 2 aromatic rings. The summed E-state index contributed by atoms with van der Waals surface area (Å²) in [5, 5.41) is 1.09. The van der Waals surface area contributed by atoms with Crippen molar-refractivity contribution in [3.63, 3.8) is 0 Å². The number of nitrogens with zero attached hydrogens (tertiary/aromatic N) is 2. The minimum Gasteiger partial charge on any atom is -0.444 e. The fourth-order valence-corrected chi connectivity index (χ4v) is 3.05. The summed E-state index contributed by atoms with van der Waals surface area (Å²) in [5.41, 5.74) is 1.53. The van der Waals surface area contributed by atoms with Gasteiger partial charge in [0.2, 0.25) is 0 Å². The smallest absolute Gasteiger partial charge is 0.410 e. The van der Waals surface area contributed by atoms with Crippen LogP contribution in [0.1, 0.15) is 51.6 Å². The average molecular weight is 301 g/mol. The molecule has 1 amide bonds. The number of pyridine rings is 1. The molecule has 5 nitrogen and oxygen atoms in total. The van der Waals surface area contributed by atoms with E-state index in [4.69, 9.17) is 4.74 Å². The van der Waals surface area contributed by atoms with Crippen LogP contribution in [-0.4, -0.2) is 33.1 Å². The number of ether oxygens (including phenoxy) is 1. The zero-order chi connectivity index (χ0) is 15.7. The predicted octanol–water partition coefficient (Wildman–Crippen LogP) is 4.03. The molecular weight excluding hydrogens is 278 g/mol. The minimum atomic E-state index is -0.471. The van der Waals surface area contributed by atoms with Crippen molar-refractivity contribution >= 4 is 17.1 Å². The Labute approximate surface area is 130 Å². The number of carbonyl (C=O) groups is 1. The second-order valence-electron chi connectivity index (χ2n) is 6.83. The largest absolute Gasteiger partial charge is 0.444 e. The van der Waals surface area contributed by atoms with Crippen LogP contribution in [0.4, 0.5) is 4.79 Å². The zero-order valence-corrected chi connectivity index (χ0v) is 13.4. The van der Waals surface area contributed by atoms with Gasteiger partial charge < -0.3 is 14.6 Å². The molecule has 0 saturated carbocycles. The fourth-order valence-electron chi connectivity index (χ4n) is 3.05. The third-order valence-electron chi connectivity index (χ3n) is 3.97. The van der Waals surface area contributed by atoms with E-state index in [1.807, 2.05) is 37.9 Å². The van der Waals surface area contributed by atoms with Crippen molar-refractivity contribution < 1.29 is 9.53 Å². The number of nitrogens with one attached hydrogen (secondary N) is 1. The van der Waals surface area contributed by atoms with Gasteiger partial charge in [-0.3, -0.25) is 0 Å². The highest BCUT2D eigenvalue weighted by Crippen LogP contribution is 2.35. The van der Waals surface area contributed by atoms with E-state index >= 15 is 0 Å². The number of carbonyl (C=O) groups excluding carboxylic acids is 1. The van der Waals surface area contributed by atoms with Crippen LogP contribution in [0.5, 0.6) is 0 Å². The number of hydrogen-bond acceptors (Lipinski definition) is 3. The molecular formula is C17H23N3O2. The van der Waals surface area contributed by atoms with Crippen LogP contribution in [0, 0.1) is 0 Å². The van der Waals surface area contributed by atoms with Crippen LogP contribution >= 0.6 is 0 Å². The summed E-state index contributed by atoms with van der Waals surface area (Å²) >= 11 is 0. The molecule has 5 heteroatoms. The summed E-state index contributed by atoms with van der Waals surface area (Å²) in [4.78, 5) is 21.9. The lowest BCUT2D eigenvalue weighted by atomic mass is 9.96. The van der Waals surface area contributed by atoms with Gasteiger partial charge in [0.05, 0.1) is 6.04 Å². The van der Waals surface area contributed by atoms with E-state index in [0.29, 0.717) is 0 Å². The summed E-state index contributed by atoms with van der Waals surface area (Å²) in [6.45, 7) is 6.45. The maximum Gasteiger partial charge on any atom is 0.410 e. The van der Waals surface area contributed by atoms with E-state index in [1.54, 1.807) is 6.20 Å². The molecule has 118 valence electrons. The molecule has 0 radical (unpaired) electrons. The van der Waals surface area contributed by atoms with E-state index in [1.165, 1.54) is 0 Å².